The van der Waals surface area contributed by atoms with Crippen LogP contribution in [0.25, 0.3) is 0 Å². The average molecular weight is 310 g/mol. The number of hydrogen-bond donors (Lipinski definition) is 1. The van der Waals surface area contributed by atoms with Crippen LogP contribution in [0.15, 0.2) is 48.5 Å². The molecule has 0 aliphatic heterocycles. The van der Waals surface area contributed by atoms with Crippen molar-refractivity contribution in [3.05, 3.63) is 65.2 Å². The van der Waals surface area contributed by atoms with E-state index in [2.05, 4.69) is 60.6 Å². The molecule has 22 heavy (non-hydrogen) atoms. The molecule has 0 fully saturated rings. The number of rotatable bonds is 2. The van der Waals surface area contributed by atoms with Crippen molar-refractivity contribution < 1.29 is 0 Å². The number of nitrogens with one attached hydrogen (secondary N) is 1. The molecule has 1 atom stereocenters. The van der Waals surface area contributed by atoms with Crippen LogP contribution < -0.4 is 5.32 Å². The molecule has 0 saturated carbocycles. The van der Waals surface area contributed by atoms with Gasteiger partial charge in [0.25, 0.3) is 0 Å². The highest BCUT2D eigenvalue weighted by molar-refractivity contribution is 7.80. The molecule has 1 N–H and O–H groups in total. The highest BCUT2D eigenvalue weighted by Crippen LogP contribution is 2.33. The lowest BCUT2D eigenvalue weighted by Crippen LogP contribution is -2.36. The Balaban J connectivity index is 1.78. The lowest BCUT2D eigenvalue weighted by Gasteiger charge is -2.35. The zero-order valence-electron chi connectivity index (χ0n) is 13.2. The number of benzene rings is 2. The van der Waals surface area contributed by atoms with Crippen molar-refractivity contribution in [2.24, 2.45) is 0 Å². The molecule has 0 radical (unpaired) electrons. The summed E-state index contributed by atoms with van der Waals surface area (Å²) in [4.78, 5) is 2.21. The first-order chi connectivity index (χ1) is 10.7. The number of nitrogens with zero attached hydrogens (tertiary/aromatic N) is 1. The van der Waals surface area contributed by atoms with Crippen LogP contribution in [0, 0.1) is 6.92 Å². The molecule has 2 nitrogen and oxygen atoms in total. The van der Waals surface area contributed by atoms with Gasteiger partial charge in [-0.05, 0) is 61.2 Å². The average Bonchev–Trinajstić information content (AvgIpc) is 2.55. The normalized spacial score (nSPS) is 16.7. The fourth-order valence-electron chi connectivity index (χ4n) is 3.19. The lowest BCUT2D eigenvalue weighted by molar-refractivity contribution is 0.336. The van der Waals surface area contributed by atoms with Crippen molar-refractivity contribution >= 4 is 23.0 Å². The van der Waals surface area contributed by atoms with E-state index < -0.39 is 0 Å². The number of anilines is 1. The Morgan fingerprint density at radius 1 is 1.14 bits per heavy atom. The molecule has 1 aliphatic carbocycles. The van der Waals surface area contributed by atoms with Crippen LogP contribution in [0.3, 0.4) is 0 Å². The van der Waals surface area contributed by atoms with Gasteiger partial charge in [-0.2, -0.15) is 0 Å². The summed E-state index contributed by atoms with van der Waals surface area (Å²) in [6.07, 6.45) is 3.56. The summed E-state index contributed by atoms with van der Waals surface area (Å²) in [5.74, 6) is 0. The Hall–Kier alpha value is -1.87. The van der Waals surface area contributed by atoms with Crippen LogP contribution in [0.1, 0.15) is 35.6 Å². The molecule has 0 spiro atoms. The third-order valence-electron chi connectivity index (χ3n) is 4.51. The van der Waals surface area contributed by atoms with Crippen LogP contribution in [-0.4, -0.2) is 17.1 Å². The summed E-state index contributed by atoms with van der Waals surface area (Å²) in [5, 5.41) is 4.18. The molecule has 2 aromatic rings. The van der Waals surface area contributed by atoms with Gasteiger partial charge in [-0.3, -0.25) is 0 Å². The molecule has 3 heteroatoms. The van der Waals surface area contributed by atoms with Crippen LogP contribution in [0.5, 0.6) is 0 Å². The SMILES string of the molecule is Cc1ccccc1NC(=S)N(C)[C@@H]1CCCc2ccccc21. The molecule has 2 aromatic carbocycles. The molecular formula is C19H22N2S. The van der Waals surface area contributed by atoms with E-state index in [1.165, 1.54) is 29.5 Å². The number of hydrogen-bond acceptors (Lipinski definition) is 1. The predicted octanol–water partition coefficient (Wildman–Crippen LogP) is 4.70. The Bertz CT molecular complexity index is 681. The zero-order valence-corrected chi connectivity index (χ0v) is 14.0. The second kappa shape index (κ2) is 6.49. The highest BCUT2D eigenvalue weighted by Gasteiger charge is 2.24. The molecule has 0 bridgehead atoms. The van der Waals surface area contributed by atoms with E-state index in [0.717, 1.165) is 17.2 Å². The van der Waals surface area contributed by atoms with Gasteiger partial charge in [-0.25, -0.2) is 0 Å². The summed E-state index contributed by atoms with van der Waals surface area (Å²) >= 11 is 5.64. The first-order valence-corrected chi connectivity index (χ1v) is 8.25. The van der Waals surface area contributed by atoms with E-state index in [1.54, 1.807) is 0 Å². The summed E-state index contributed by atoms with van der Waals surface area (Å²) in [6, 6.07) is 17.4. The minimum atomic E-state index is 0.369. The summed E-state index contributed by atoms with van der Waals surface area (Å²) in [7, 11) is 2.10. The van der Waals surface area contributed by atoms with Gasteiger partial charge < -0.3 is 10.2 Å². The number of aryl methyl sites for hydroxylation is 2. The van der Waals surface area contributed by atoms with E-state index in [0.29, 0.717) is 6.04 Å². The topological polar surface area (TPSA) is 15.3 Å². The van der Waals surface area contributed by atoms with Gasteiger partial charge in [-0.1, -0.05) is 42.5 Å². The predicted molar refractivity (Wildman–Crippen MR) is 97.3 cm³/mol. The summed E-state index contributed by atoms with van der Waals surface area (Å²) in [5.41, 5.74) is 5.18. The van der Waals surface area contributed by atoms with Crippen molar-refractivity contribution in [2.75, 3.05) is 12.4 Å². The van der Waals surface area contributed by atoms with E-state index in [9.17, 15) is 0 Å². The fraction of sp³-hybridized carbons (Fsp3) is 0.316. The van der Waals surface area contributed by atoms with E-state index in [1.807, 2.05) is 12.1 Å². The van der Waals surface area contributed by atoms with Crippen molar-refractivity contribution in [3.63, 3.8) is 0 Å². The second-order valence-corrected chi connectivity index (χ2v) is 6.35. The van der Waals surface area contributed by atoms with E-state index in [-0.39, 0.29) is 0 Å². The van der Waals surface area contributed by atoms with Gasteiger partial charge in [-0.15, -0.1) is 0 Å². The van der Waals surface area contributed by atoms with Gasteiger partial charge in [0.2, 0.25) is 0 Å². The first kappa shape index (κ1) is 15.0. The number of thiocarbonyl (C=S) groups is 1. The van der Waals surface area contributed by atoms with Crippen LogP contribution in [-0.2, 0) is 6.42 Å². The smallest absolute Gasteiger partial charge is 0.173 e. The Labute approximate surface area is 138 Å². The first-order valence-electron chi connectivity index (χ1n) is 7.84. The van der Waals surface area contributed by atoms with Gasteiger partial charge in [0.15, 0.2) is 5.11 Å². The minimum Gasteiger partial charge on any atom is -0.345 e. The van der Waals surface area contributed by atoms with Crippen LogP contribution in [0.2, 0.25) is 0 Å². The maximum atomic E-state index is 5.64. The zero-order chi connectivity index (χ0) is 15.5. The third-order valence-corrected chi connectivity index (χ3v) is 4.90. The minimum absolute atomic E-state index is 0.369. The monoisotopic (exact) mass is 310 g/mol. The van der Waals surface area contributed by atoms with Crippen LogP contribution in [0.4, 0.5) is 5.69 Å². The maximum absolute atomic E-state index is 5.64. The number of para-hydroxylation sites is 1. The molecule has 1 aliphatic rings. The number of fused-ring (bicyclic) bond motifs is 1. The maximum Gasteiger partial charge on any atom is 0.173 e. The Kier molecular flexibility index (Phi) is 4.44. The highest BCUT2D eigenvalue weighted by atomic mass is 32.1. The van der Waals surface area contributed by atoms with Gasteiger partial charge in [0, 0.05) is 12.7 Å². The molecule has 114 valence electrons. The third kappa shape index (κ3) is 3.00. The van der Waals surface area contributed by atoms with Gasteiger partial charge in [0.1, 0.15) is 0 Å². The second-order valence-electron chi connectivity index (χ2n) is 5.96. The molecule has 0 amide bonds. The largest absolute Gasteiger partial charge is 0.345 e. The van der Waals surface area contributed by atoms with E-state index >= 15 is 0 Å². The lowest BCUT2D eigenvalue weighted by atomic mass is 9.87. The van der Waals surface area contributed by atoms with Gasteiger partial charge >= 0.3 is 0 Å². The fourth-order valence-corrected chi connectivity index (χ4v) is 3.43. The summed E-state index contributed by atoms with van der Waals surface area (Å²) < 4.78 is 0. The molecule has 0 saturated heterocycles. The van der Waals surface area contributed by atoms with Crippen molar-refractivity contribution in [2.45, 2.75) is 32.2 Å². The standard InChI is InChI=1S/C19H22N2S/c1-14-8-3-6-12-17(14)20-19(22)21(2)18-13-7-10-15-9-4-5-11-16(15)18/h3-6,8-9,11-12,18H,7,10,13H2,1-2H3,(H,20,22)/t18-/m1/s1. The van der Waals surface area contributed by atoms with E-state index in [4.69, 9.17) is 12.2 Å². The van der Waals surface area contributed by atoms with Crippen molar-refractivity contribution in [1.29, 1.82) is 0 Å². The van der Waals surface area contributed by atoms with Gasteiger partial charge in [0.05, 0.1) is 6.04 Å². The molecule has 0 heterocycles. The Morgan fingerprint density at radius 2 is 1.86 bits per heavy atom. The summed E-state index contributed by atoms with van der Waals surface area (Å²) in [6.45, 7) is 2.10. The molecule has 0 unspecified atom stereocenters. The Morgan fingerprint density at radius 3 is 2.68 bits per heavy atom. The molecular weight excluding hydrogens is 288 g/mol. The van der Waals surface area contributed by atoms with Crippen LogP contribution >= 0.6 is 12.2 Å². The quantitative estimate of drug-likeness (QED) is 0.809. The van der Waals surface area contributed by atoms with Crippen molar-refractivity contribution in [1.82, 2.24) is 4.90 Å². The van der Waals surface area contributed by atoms with Crippen molar-refractivity contribution in [3.8, 4) is 0 Å². The molecule has 0 aromatic heterocycles. The molecule has 3 rings (SSSR count).